The Labute approximate surface area is 90.1 Å². The topological polar surface area (TPSA) is 43.1 Å². The summed E-state index contributed by atoms with van der Waals surface area (Å²) in [4.78, 5) is 8.24. The zero-order chi connectivity index (χ0) is 11.4. The Hall–Kier alpha value is -1.71. The molecule has 15 heavy (non-hydrogen) atoms. The van der Waals surface area contributed by atoms with Crippen LogP contribution in [-0.4, -0.2) is 21.5 Å². The lowest BCUT2D eigenvalue weighted by molar-refractivity contribution is 0.522. The smallest absolute Gasteiger partial charge is 0.177 e. The summed E-state index contributed by atoms with van der Waals surface area (Å²) in [6.45, 7) is 13.1. The molecule has 0 aliphatic carbocycles. The standard InChI is InChI=1S/C11H16N4/c1-6-7-10(12-5)11-13-9(4)14-15(11)8(2)3/h6-8H,1,5H2,2-4H3/b10-7-. The van der Waals surface area contributed by atoms with Crippen LogP contribution in [0.15, 0.2) is 23.7 Å². The molecule has 1 rings (SSSR count). The summed E-state index contributed by atoms with van der Waals surface area (Å²) in [5.74, 6) is 1.47. The summed E-state index contributed by atoms with van der Waals surface area (Å²) in [5.41, 5.74) is 0.694. The van der Waals surface area contributed by atoms with Crippen LogP contribution in [0, 0.1) is 6.92 Å². The van der Waals surface area contributed by atoms with Crippen molar-refractivity contribution in [1.29, 1.82) is 0 Å². The van der Waals surface area contributed by atoms with Gasteiger partial charge in [0.05, 0.1) is 0 Å². The lowest BCUT2D eigenvalue weighted by atomic mass is 10.3. The quantitative estimate of drug-likeness (QED) is 0.558. The molecule has 0 bridgehead atoms. The number of allylic oxidation sites excluding steroid dienone is 2. The van der Waals surface area contributed by atoms with Gasteiger partial charge in [-0.1, -0.05) is 12.7 Å². The van der Waals surface area contributed by atoms with Gasteiger partial charge in [0, 0.05) is 6.04 Å². The summed E-state index contributed by atoms with van der Waals surface area (Å²) in [5, 5.41) is 4.30. The van der Waals surface area contributed by atoms with E-state index in [1.165, 1.54) is 0 Å². The first kappa shape index (κ1) is 11.4. The Morgan fingerprint density at radius 1 is 1.53 bits per heavy atom. The van der Waals surface area contributed by atoms with Crippen LogP contribution in [0.1, 0.15) is 31.5 Å². The number of rotatable bonds is 4. The normalized spacial score (nSPS) is 11.9. The molecule has 80 valence electrons. The van der Waals surface area contributed by atoms with Crippen molar-refractivity contribution in [3.05, 3.63) is 30.4 Å². The molecule has 0 saturated carbocycles. The van der Waals surface area contributed by atoms with E-state index in [4.69, 9.17) is 0 Å². The fourth-order valence-electron chi connectivity index (χ4n) is 1.27. The summed E-state index contributed by atoms with van der Waals surface area (Å²) >= 11 is 0. The summed E-state index contributed by atoms with van der Waals surface area (Å²) < 4.78 is 1.83. The number of hydrogen-bond donors (Lipinski definition) is 0. The largest absolute Gasteiger partial charge is 0.261 e. The van der Waals surface area contributed by atoms with Crippen LogP contribution in [0.25, 0.3) is 5.70 Å². The van der Waals surface area contributed by atoms with Gasteiger partial charge in [-0.05, 0) is 33.6 Å². The molecule has 1 heterocycles. The molecule has 0 fully saturated rings. The number of aliphatic imine (C=N–C) groups is 1. The van der Waals surface area contributed by atoms with E-state index in [0.717, 1.165) is 11.6 Å². The van der Waals surface area contributed by atoms with Crippen LogP contribution in [-0.2, 0) is 0 Å². The number of aromatic nitrogens is 3. The SMILES string of the molecule is C=C/C=C(\N=C)c1nc(C)nn1C(C)C. The van der Waals surface area contributed by atoms with Gasteiger partial charge in [0.25, 0.3) is 0 Å². The number of nitrogens with zero attached hydrogens (tertiary/aromatic N) is 4. The molecular formula is C11H16N4. The van der Waals surface area contributed by atoms with Crippen molar-refractivity contribution in [2.24, 2.45) is 4.99 Å². The highest BCUT2D eigenvalue weighted by atomic mass is 15.4. The highest BCUT2D eigenvalue weighted by Crippen LogP contribution is 2.17. The first-order valence-corrected chi connectivity index (χ1v) is 4.83. The predicted octanol–water partition coefficient (Wildman–Crippen LogP) is 2.39. The van der Waals surface area contributed by atoms with Gasteiger partial charge in [-0.25, -0.2) is 9.67 Å². The van der Waals surface area contributed by atoms with E-state index in [2.05, 4.69) is 28.4 Å². The second-order valence-corrected chi connectivity index (χ2v) is 3.47. The minimum Gasteiger partial charge on any atom is -0.261 e. The minimum absolute atomic E-state index is 0.246. The lowest BCUT2D eigenvalue weighted by Crippen LogP contribution is -2.07. The number of hydrogen-bond acceptors (Lipinski definition) is 3. The molecule has 4 heteroatoms. The van der Waals surface area contributed by atoms with Crippen molar-refractivity contribution in [3.8, 4) is 0 Å². The number of aryl methyl sites for hydroxylation is 1. The molecule has 0 unspecified atom stereocenters. The van der Waals surface area contributed by atoms with Gasteiger partial charge < -0.3 is 0 Å². The highest BCUT2D eigenvalue weighted by Gasteiger charge is 2.12. The molecule has 0 aliphatic rings. The van der Waals surface area contributed by atoms with Crippen LogP contribution < -0.4 is 0 Å². The Bertz CT molecular complexity index is 399. The van der Waals surface area contributed by atoms with Crippen molar-refractivity contribution in [1.82, 2.24) is 14.8 Å². The minimum atomic E-state index is 0.246. The maximum atomic E-state index is 4.32. The second-order valence-electron chi connectivity index (χ2n) is 3.47. The van der Waals surface area contributed by atoms with E-state index in [-0.39, 0.29) is 6.04 Å². The van der Waals surface area contributed by atoms with Gasteiger partial charge >= 0.3 is 0 Å². The third kappa shape index (κ3) is 2.40. The van der Waals surface area contributed by atoms with Crippen LogP contribution in [0.5, 0.6) is 0 Å². The Morgan fingerprint density at radius 2 is 2.20 bits per heavy atom. The molecule has 0 amide bonds. The Morgan fingerprint density at radius 3 is 2.67 bits per heavy atom. The van der Waals surface area contributed by atoms with Crippen molar-refractivity contribution in [3.63, 3.8) is 0 Å². The molecule has 0 aliphatic heterocycles. The van der Waals surface area contributed by atoms with Gasteiger partial charge in [-0.2, -0.15) is 5.10 Å². The summed E-state index contributed by atoms with van der Waals surface area (Å²) in [6, 6.07) is 0.246. The van der Waals surface area contributed by atoms with Crippen LogP contribution in [0.4, 0.5) is 0 Å². The molecule has 0 saturated heterocycles. The summed E-state index contributed by atoms with van der Waals surface area (Å²) in [7, 11) is 0. The van der Waals surface area contributed by atoms with Crippen LogP contribution in [0.2, 0.25) is 0 Å². The molecular weight excluding hydrogens is 188 g/mol. The fourth-order valence-corrected chi connectivity index (χ4v) is 1.27. The zero-order valence-corrected chi connectivity index (χ0v) is 9.44. The maximum absolute atomic E-state index is 4.32. The van der Waals surface area contributed by atoms with Crippen molar-refractivity contribution in [2.45, 2.75) is 26.8 Å². The van der Waals surface area contributed by atoms with E-state index in [1.807, 2.05) is 25.5 Å². The van der Waals surface area contributed by atoms with E-state index in [1.54, 1.807) is 12.2 Å². The average Bonchev–Trinajstić information content (AvgIpc) is 2.56. The van der Waals surface area contributed by atoms with Gasteiger partial charge in [0.15, 0.2) is 5.82 Å². The first-order valence-electron chi connectivity index (χ1n) is 4.83. The van der Waals surface area contributed by atoms with Crippen LogP contribution in [0.3, 0.4) is 0 Å². The van der Waals surface area contributed by atoms with E-state index in [0.29, 0.717) is 5.70 Å². The molecule has 0 radical (unpaired) electrons. The average molecular weight is 204 g/mol. The van der Waals surface area contributed by atoms with E-state index in [9.17, 15) is 0 Å². The molecule has 1 aromatic heterocycles. The monoisotopic (exact) mass is 204 g/mol. The van der Waals surface area contributed by atoms with Gasteiger partial charge in [-0.15, -0.1) is 0 Å². The van der Waals surface area contributed by atoms with Gasteiger partial charge in [0.1, 0.15) is 11.5 Å². The molecule has 1 aromatic rings. The zero-order valence-electron chi connectivity index (χ0n) is 9.44. The fraction of sp³-hybridized carbons (Fsp3) is 0.364. The molecule has 0 spiro atoms. The third-order valence-electron chi connectivity index (χ3n) is 1.90. The van der Waals surface area contributed by atoms with Gasteiger partial charge in [-0.3, -0.25) is 4.99 Å². The first-order chi connectivity index (χ1) is 7.10. The summed E-state index contributed by atoms with van der Waals surface area (Å²) in [6.07, 6.45) is 3.44. The van der Waals surface area contributed by atoms with Crippen molar-refractivity contribution < 1.29 is 0 Å². The molecule has 0 N–H and O–H groups in total. The molecule has 0 aromatic carbocycles. The maximum Gasteiger partial charge on any atom is 0.177 e. The molecule has 4 nitrogen and oxygen atoms in total. The second kappa shape index (κ2) is 4.68. The van der Waals surface area contributed by atoms with Crippen molar-refractivity contribution in [2.75, 3.05) is 0 Å². The van der Waals surface area contributed by atoms with Crippen molar-refractivity contribution >= 4 is 12.4 Å². The lowest BCUT2D eigenvalue weighted by Gasteiger charge is -2.08. The predicted molar refractivity (Wildman–Crippen MR) is 62.9 cm³/mol. The van der Waals surface area contributed by atoms with Gasteiger partial charge in [0.2, 0.25) is 0 Å². The Kier molecular flexibility index (Phi) is 3.55. The van der Waals surface area contributed by atoms with Crippen LogP contribution >= 0.6 is 0 Å². The van der Waals surface area contributed by atoms with E-state index >= 15 is 0 Å². The highest BCUT2D eigenvalue weighted by molar-refractivity contribution is 5.64. The van der Waals surface area contributed by atoms with E-state index < -0.39 is 0 Å². The molecule has 0 atom stereocenters. The Balaban J connectivity index is 3.28. The third-order valence-corrected chi connectivity index (χ3v) is 1.90.